The van der Waals surface area contributed by atoms with Crippen molar-refractivity contribution >= 4 is 33.2 Å². The monoisotopic (exact) mass is 389 g/mol. The fraction of sp³-hybridized carbons (Fsp3) is 0.333. The number of aromatic nitrogens is 2. The van der Waals surface area contributed by atoms with Gasteiger partial charge in [-0.3, -0.25) is 4.79 Å². The number of hydrogen-bond acceptors (Lipinski definition) is 4. The highest BCUT2D eigenvalue weighted by Crippen LogP contribution is 2.19. The molecule has 0 saturated carbocycles. The van der Waals surface area contributed by atoms with E-state index in [2.05, 4.69) is 5.10 Å². The highest BCUT2D eigenvalue weighted by atomic mass is 35.5. The molecule has 0 saturated heterocycles. The zero-order chi connectivity index (χ0) is 17.9. The Morgan fingerprint density at radius 3 is 2.42 bits per heavy atom. The van der Waals surface area contributed by atoms with Crippen molar-refractivity contribution in [2.24, 2.45) is 0 Å². The summed E-state index contributed by atoms with van der Waals surface area (Å²) in [5.41, 5.74) is -0.173. The van der Waals surface area contributed by atoms with Crippen LogP contribution in [0, 0.1) is 0 Å². The van der Waals surface area contributed by atoms with E-state index in [0.29, 0.717) is 12.2 Å². The average molecular weight is 390 g/mol. The Labute approximate surface area is 150 Å². The Morgan fingerprint density at radius 1 is 1.21 bits per heavy atom. The first kappa shape index (κ1) is 18.9. The molecular weight excluding hydrogens is 373 g/mol. The number of hydrogen-bond donors (Lipinski definition) is 0. The molecule has 6 nitrogen and oxygen atoms in total. The lowest BCUT2D eigenvalue weighted by Gasteiger charge is -2.17. The molecule has 2 aromatic rings. The van der Waals surface area contributed by atoms with Crippen LogP contribution in [-0.4, -0.2) is 36.1 Å². The molecule has 1 aromatic carbocycles. The summed E-state index contributed by atoms with van der Waals surface area (Å²) in [5, 5.41) is 3.83. The van der Waals surface area contributed by atoms with Gasteiger partial charge in [0.15, 0.2) is 0 Å². The maximum Gasteiger partial charge on any atom is 0.291 e. The van der Waals surface area contributed by atoms with Gasteiger partial charge in [-0.15, -0.1) is 0 Å². The highest BCUT2D eigenvalue weighted by Gasteiger charge is 2.20. The van der Waals surface area contributed by atoms with Crippen LogP contribution in [0.15, 0.2) is 40.2 Å². The first-order valence-corrected chi connectivity index (χ1v) is 9.48. The molecular formula is C15H17Cl2N3O3S. The Kier molecular flexibility index (Phi) is 6.03. The van der Waals surface area contributed by atoms with Crippen LogP contribution in [0.25, 0.3) is 5.69 Å². The maximum atomic E-state index is 12.5. The maximum absolute atomic E-state index is 12.5. The van der Waals surface area contributed by atoms with Crippen molar-refractivity contribution < 1.29 is 8.42 Å². The van der Waals surface area contributed by atoms with Crippen molar-refractivity contribution in [3.63, 3.8) is 0 Å². The van der Waals surface area contributed by atoms with Gasteiger partial charge in [0.1, 0.15) is 5.02 Å². The largest absolute Gasteiger partial charge is 0.291 e. The third-order valence-corrected chi connectivity index (χ3v) is 6.11. The zero-order valence-corrected chi connectivity index (χ0v) is 15.6. The first-order chi connectivity index (χ1) is 11.3. The topological polar surface area (TPSA) is 72.3 Å². The summed E-state index contributed by atoms with van der Waals surface area (Å²) in [6.45, 7) is 2.45. The van der Waals surface area contributed by atoms with E-state index in [1.165, 1.54) is 34.8 Å². The molecule has 1 heterocycles. The van der Waals surface area contributed by atoms with Crippen LogP contribution in [0.4, 0.5) is 0 Å². The summed E-state index contributed by atoms with van der Waals surface area (Å²) in [6.07, 6.45) is 2.95. The van der Waals surface area contributed by atoms with E-state index < -0.39 is 15.6 Å². The van der Waals surface area contributed by atoms with Gasteiger partial charge in [0.25, 0.3) is 5.56 Å². The van der Waals surface area contributed by atoms with E-state index in [4.69, 9.17) is 23.2 Å². The normalized spacial score (nSPS) is 11.9. The van der Waals surface area contributed by atoms with Crippen molar-refractivity contribution in [2.45, 2.75) is 24.7 Å². The van der Waals surface area contributed by atoms with Crippen LogP contribution in [-0.2, 0) is 10.0 Å². The minimum absolute atomic E-state index is 0.0645. The van der Waals surface area contributed by atoms with Crippen molar-refractivity contribution in [1.29, 1.82) is 0 Å². The molecule has 0 bridgehead atoms. The van der Waals surface area contributed by atoms with Gasteiger partial charge in [-0.1, -0.05) is 36.5 Å². The third-order valence-electron chi connectivity index (χ3n) is 3.49. The Bertz CT molecular complexity index is 880. The van der Waals surface area contributed by atoms with E-state index in [0.717, 1.165) is 17.5 Å². The minimum atomic E-state index is -3.56. The molecule has 130 valence electrons. The molecule has 0 aliphatic rings. The lowest BCUT2D eigenvalue weighted by atomic mass is 10.3. The van der Waals surface area contributed by atoms with Gasteiger partial charge >= 0.3 is 0 Å². The first-order valence-electron chi connectivity index (χ1n) is 7.29. The van der Waals surface area contributed by atoms with Gasteiger partial charge in [-0.2, -0.15) is 9.78 Å². The second-order valence-electron chi connectivity index (χ2n) is 5.20. The molecule has 0 radical (unpaired) electrons. The van der Waals surface area contributed by atoms with Gasteiger partial charge in [-0.05, 0) is 30.7 Å². The van der Waals surface area contributed by atoms with Crippen molar-refractivity contribution in [1.82, 2.24) is 14.1 Å². The van der Waals surface area contributed by atoms with Crippen molar-refractivity contribution in [2.75, 3.05) is 13.6 Å². The lowest BCUT2D eigenvalue weighted by molar-refractivity contribution is 0.459. The van der Waals surface area contributed by atoms with Crippen LogP contribution in [0.2, 0.25) is 10.0 Å². The summed E-state index contributed by atoms with van der Waals surface area (Å²) >= 11 is 11.6. The quantitative estimate of drug-likeness (QED) is 0.760. The van der Waals surface area contributed by atoms with E-state index in [9.17, 15) is 13.2 Å². The van der Waals surface area contributed by atoms with E-state index >= 15 is 0 Å². The van der Waals surface area contributed by atoms with Crippen LogP contribution in [0.1, 0.15) is 19.8 Å². The SMILES string of the molecule is CCCCN(C)S(=O)(=O)c1ccc(-n2ncc(Cl)c(Cl)c2=O)cc1. The Morgan fingerprint density at radius 2 is 1.83 bits per heavy atom. The predicted octanol–water partition coefficient (Wildman–Crippen LogP) is 2.96. The van der Waals surface area contributed by atoms with Crippen LogP contribution < -0.4 is 5.56 Å². The van der Waals surface area contributed by atoms with Crippen molar-refractivity contribution in [3.05, 3.63) is 50.9 Å². The fourth-order valence-electron chi connectivity index (χ4n) is 2.04. The number of rotatable bonds is 6. The Hall–Kier alpha value is -1.41. The molecule has 0 unspecified atom stereocenters. The second kappa shape index (κ2) is 7.65. The minimum Gasteiger partial charge on any atom is -0.266 e. The molecule has 24 heavy (non-hydrogen) atoms. The summed E-state index contributed by atoms with van der Waals surface area (Å²) in [6, 6.07) is 5.87. The molecule has 0 atom stereocenters. The number of benzene rings is 1. The van der Waals surface area contributed by atoms with Crippen LogP contribution >= 0.6 is 23.2 Å². The molecule has 0 amide bonds. The molecule has 2 rings (SSSR count). The number of sulfonamides is 1. The molecule has 0 aliphatic carbocycles. The summed E-state index contributed by atoms with van der Waals surface area (Å²) in [4.78, 5) is 12.2. The third kappa shape index (κ3) is 3.80. The molecule has 1 aromatic heterocycles. The molecule has 0 fully saturated rings. The molecule has 0 N–H and O–H groups in total. The van der Waals surface area contributed by atoms with Gasteiger partial charge in [-0.25, -0.2) is 12.7 Å². The molecule has 0 spiro atoms. The van der Waals surface area contributed by atoms with Gasteiger partial charge in [0, 0.05) is 13.6 Å². The molecule has 0 aliphatic heterocycles. The van der Waals surface area contributed by atoms with E-state index in [1.807, 2.05) is 6.92 Å². The number of nitrogens with zero attached hydrogens (tertiary/aromatic N) is 3. The predicted molar refractivity (Wildman–Crippen MR) is 94.6 cm³/mol. The Balaban J connectivity index is 2.35. The van der Waals surface area contributed by atoms with E-state index in [-0.39, 0.29) is 14.9 Å². The van der Waals surface area contributed by atoms with Gasteiger partial charge in [0.2, 0.25) is 10.0 Å². The second-order valence-corrected chi connectivity index (χ2v) is 8.03. The average Bonchev–Trinajstić information content (AvgIpc) is 2.57. The van der Waals surface area contributed by atoms with Crippen molar-refractivity contribution in [3.8, 4) is 5.69 Å². The van der Waals surface area contributed by atoms with E-state index in [1.54, 1.807) is 7.05 Å². The van der Waals surface area contributed by atoms with Gasteiger partial charge < -0.3 is 0 Å². The summed E-state index contributed by atoms with van der Waals surface area (Å²) < 4.78 is 27.3. The zero-order valence-electron chi connectivity index (χ0n) is 13.2. The number of halogens is 2. The fourth-order valence-corrected chi connectivity index (χ4v) is 3.50. The van der Waals surface area contributed by atoms with Gasteiger partial charge in [0.05, 0.1) is 21.8 Å². The number of unbranched alkanes of at least 4 members (excludes halogenated alkanes) is 1. The van der Waals surface area contributed by atoms with Crippen LogP contribution in [0.3, 0.4) is 0 Å². The summed E-state index contributed by atoms with van der Waals surface area (Å²) in [5.74, 6) is 0. The van der Waals surface area contributed by atoms with Crippen LogP contribution in [0.5, 0.6) is 0 Å². The standard InChI is InChI=1S/C15H17Cl2N3O3S/c1-3-4-9-19(2)24(22,23)12-7-5-11(6-8-12)20-15(21)14(17)13(16)10-18-20/h5-8,10H,3-4,9H2,1-2H3. The lowest BCUT2D eigenvalue weighted by Crippen LogP contribution is -2.28. The highest BCUT2D eigenvalue weighted by molar-refractivity contribution is 7.89. The molecule has 9 heteroatoms. The smallest absolute Gasteiger partial charge is 0.266 e. The summed E-state index contributed by atoms with van der Waals surface area (Å²) in [7, 11) is -2.01.